The van der Waals surface area contributed by atoms with Crippen LogP contribution in [0.4, 0.5) is 16.2 Å². The lowest BCUT2D eigenvalue weighted by Gasteiger charge is -2.38. The highest BCUT2D eigenvalue weighted by Crippen LogP contribution is 2.35. The summed E-state index contributed by atoms with van der Waals surface area (Å²) >= 11 is 0. The van der Waals surface area contributed by atoms with Gasteiger partial charge in [0, 0.05) is 19.5 Å². The van der Waals surface area contributed by atoms with Gasteiger partial charge in [0.25, 0.3) is 5.91 Å². The van der Waals surface area contributed by atoms with Crippen molar-refractivity contribution >= 4 is 33.3 Å². The number of aliphatic hydroxyl groups is 1. The van der Waals surface area contributed by atoms with Gasteiger partial charge in [0.05, 0.1) is 42.4 Å². The Morgan fingerprint density at radius 3 is 2.51 bits per heavy atom. The van der Waals surface area contributed by atoms with Crippen molar-refractivity contribution in [3.05, 3.63) is 59.5 Å². The molecule has 1 aromatic heterocycles. The number of hydrogen-bond acceptors (Lipinski definition) is 9. The van der Waals surface area contributed by atoms with E-state index in [9.17, 15) is 23.1 Å². The third-order valence-corrected chi connectivity index (χ3v) is 9.25. The lowest BCUT2D eigenvalue weighted by molar-refractivity contribution is 0.0389. The minimum atomic E-state index is -3.91. The number of amides is 3. The van der Waals surface area contributed by atoms with Crippen LogP contribution in [0.15, 0.2) is 51.9 Å². The summed E-state index contributed by atoms with van der Waals surface area (Å²) in [6.07, 6.45) is -0.744. The molecule has 1 aliphatic heterocycles. The Hall–Kier alpha value is -4.14. The van der Waals surface area contributed by atoms with Gasteiger partial charge in [0.1, 0.15) is 23.2 Å². The van der Waals surface area contributed by atoms with E-state index in [1.54, 1.807) is 51.1 Å². The number of likely N-dealkylation sites (N-methyl/N-ethyl adjacent to an activating group) is 1. The number of hydrogen-bond donors (Lipinski definition) is 3. The van der Waals surface area contributed by atoms with Gasteiger partial charge >= 0.3 is 6.03 Å². The Morgan fingerprint density at radius 2 is 1.91 bits per heavy atom. The first-order valence-electron chi connectivity index (χ1n) is 13.7. The first-order chi connectivity index (χ1) is 20.4. The maximum atomic E-state index is 13.7. The van der Waals surface area contributed by atoms with Gasteiger partial charge < -0.3 is 34.6 Å². The molecular formula is C29H37N5O8S. The molecule has 3 amide bonds. The number of sulfonamides is 1. The number of aliphatic hydroxyl groups excluding tert-OH is 1. The second-order valence-corrected chi connectivity index (χ2v) is 12.6. The van der Waals surface area contributed by atoms with Crippen molar-refractivity contribution in [2.24, 2.45) is 5.92 Å². The smallest absolute Gasteiger partial charge is 0.323 e. The number of rotatable bonds is 9. The molecular weight excluding hydrogens is 578 g/mol. The molecule has 0 unspecified atom stereocenters. The Labute approximate surface area is 250 Å². The topological polar surface area (TPSA) is 164 Å². The summed E-state index contributed by atoms with van der Waals surface area (Å²) < 4.78 is 44.8. The van der Waals surface area contributed by atoms with Gasteiger partial charge in [-0.05, 0) is 57.2 Å². The number of ether oxygens (including phenoxy) is 2. The van der Waals surface area contributed by atoms with Gasteiger partial charge in [-0.3, -0.25) is 4.79 Å². The summed E-state index contributed by atoms with van der Waals surface area (Å²) in [4.78, 5) is 28.3. The number of anilines is 2. The molecule has 14 heteroatoms. The highest BCUT2D eigenvalue weighted by Gasteiger charge is 2.36. The molecule has 1 aliphatic rings. The minimum Gasteiger partial charge on any atom is -0.497 e. The molecule has 0 spiro atoms. The van der Waals surface area contributed by atoms with Crippen LogP contribution in [0.1, 0.15) is 35.7 Å². The van der Waals surface area contributed by atoms with E-state index in [4.69, 9.17) is 14.0 Å². The molecule has 13 nitrogen and oxygen atoms in total. The minimum absolute atomic E-state index is 0.0654. The third-order valence-electron chi connectivity index (χ3n) is 7.42. The highest BCUT2D eigenvalue weighted by molar-refractivity contribution is 7.89. The van der Waals surface area contributed by atoms with E-state index in [-0.39, 0.29) is 47.5 Å². The molecule has 3 aromatic rings. The first kappa shape index (κ1) is 31.8. The fourth-order valence-corrected chi connectivity index (χ4v) is 5.95. The van der Waals surface area contributed by atoms with E-state index >= 15 is 0 Å². The number of carbonyl (C=O) groups excluding carboxylic acids is 2. The molecule has 2 heterocycles. The van der Waals surface area contributed by atoms with Gasteiger partial charge in [0.2, 0.25) is 10.0 Å². The standard InChI is InChI=1S/C29H37N5O8S/c1-17-14-34(18(2)16-35)28(36)23-8-7-9-24(30-29(37)31-26-19(3)32-42-20(26)4)27(23)41-25(17)15-33(5)43(38,39)22-12-10-21(40-6)11-13-22/h7-13,17-18,25,35H,14-16H2,1-6H3,(H2,30,31,37)/t17-,18-,25-/m1/s1. The first-order valence-corrected chi connectivity index (χ1v) is 15.1. The maximum Gasteiger partial charge on any atom is 0.323 e. The SMILES string of the molecule is COc1ccc(S(=O)(=O)N(C)C[C@H]2Oc3c(NC(=O)Nc4c(C)noc4C)cccc3C(=O)N([C@H](C)CO)C[C@H]2C)cc1. The molecule has 232 valence electrons. The summed E-state index contributed by atoms with van der Waals surface area (Å²) in [5.74, 6) is 0.269. The third kappa shape index (κ3) is 6.76. The van der Waals surface area contributed by atoms with E-state index in [0.717, 1.165) is 0 Å². The van der Waals surface area contributed by atoms with E-state index in [1.807, 2.05) is 6.92 Å². The van der Waals surface area contributed by atoms with Gasteiger partial charge in [-0.1, -0.05) is 18.1 Å². The molecule has 0 fully saturated rings. The predicted molar refractivity (Wildman–Crippen MR) is 159 cm³/mol. The monoisotopic (exact) mass is 615 g/mol. The molecule has 2 aromatic carbocycles. The van der Waals surface area contributed by atoms with Crippen molar-refractivity contribution in [1.82, 2.24) is 14.4 Å². The molecule has 3 atom stereocenters. The average Bonchev–Trinajstić information content (AvgIpc) is 3.30. The number of para-hydroxylation sites is 1. The van der Waals surface area contributed by atoms with E-state index < -0.39 is 34.1 Å². The highest BCUT2D eigenvalue weighted by atomic mass is 32.2. The fourth-order valence-electron chi connectivity index (χ4n) is 4.77. The van der Waals surface area contributed by atoms with Crippen LogP contribution >= 0.6 is 0 Å². The quantitative estimate of drug-likeness (QED) is 0.327. The normalized spacial score (nSPS) is 17.9. The number of urea groups is 1. The molecule has 0 aliphatic carbocycles. The molecule has 0 saturated heterocycles. The van der Waals surface area contributed by atoms with Crippen LogP contribution in [-0.4, -0.2) is 85.8 Å². The lowest BCUT2D eigenvalue weighted by atomic mass is 9.99. The van der Waals surface area contributed by atoms with E-state index in [2.05, 4.69) is 15.8 Å². The van der Waals surface area contributed by atoms with Crippen LogP contribution in [0, 0.1) is 19.8 Å². The van der Waals surface area contributed by atoms with Gasteiger partial charge in [-0.2, -0.15) is 4.31 Å². The van der Waals surface area contributed by atoms with Crippen LogP contribution in [0.3, 0.4) is 0 Å². The van der Waals surface area contributed by atoms with Gasteiger partial charge in [-0.25, -0.2) is 13.2 Å². The largest absolute Gasteiger partial charge is 0.497 e. The number of aromatic nitrogens is 1. The zero-order valence-electron chi connectivity index (χ0n) is 24.9. The Kier molecular flexibility index (Phi) is 9.62. The van der Waals surface area contributed by atoms with Crippen molar-refractivity contribution < 1.29 is 37.1 Å². The van der Waals surface area contributed by atoms with Crippen molar-refractivity contribution in [1.29, 1.82) is 0 Å². The molecule has 4 rings (SSSR count). The van der Waals surface area contributed by atoms with Crippen LogP contribution in [0.5, 0.6) is 11.5 Å². The summed E-state index contributed by atoms with van der Waals surface area (Å²) in [6, 6.07) is 9.67. The molecule has 0 bridgehead atoms. The van der Waals surface area contributed by atoms with E-state index in [0.29, 0.717) is 22.9 Å². The molecule has 0 radical (unpaired) electrons. The second kappa shape index (κ2) is 13.0. The Bertz CT molecular complexity index is 1550. The second-order valence-electron chi connectivity index (χ2n) is 10.5. The fraction of sp³-hybridized carbons (Fsp3) is 0.414. The van der Waals surface area contributed by atoms with Crippen molar-refractivity contribution in [3.63, 3.8) is 0 Å². The number of fused-ring (bicyclic) bond motifs is 1. The summed E-state index contributed by atoms with van der Waals surface area (Å²) in [6.45, 7) is 6.77. The van der Waals surface area contributed by atoms with Crippen LogP contribution < -0.4 is 20.1 Å². The number of carbonyl (C=O) groups is 2. The van der Waals surface area contributed by atoms with Crippen LogP contribution in [-0.2, 0) is 10.0 Å². The van der Waals surface area contributed by atoms with E-state index in [1.165, 1.54) is 35.5 Å². The number of methoxy groups -OCH3 is 1. The zero-order valence-corrected chi connectivity index (χ0v) is 25.8. The summed E-state index contributed by atoms with van der Waals surface area (Å²) in [5.41, 5.74) is 1.26. The summed E-state index contributed by atoms with van der Waals surface area (Å²) in [7, 11) is -0.964. The summed E-state index contributed by atoms with van der Waals surface area (Å²) in [5, 5.41) is 19.2. The molecule has 0 saturated carbocycles. The van der Waals surface area contributed by atoms with Gasteiger partial charge in [-0.15, -0.1) is 0 Å². The van der Waals surface area contributed by atoms with Crippen molar-refractivity contribution in [2.45, 2.75) is 44.7 Å². The zero-order chi connectivity index (χ0) is 31.5. The van der Waals surface area contributed by atoms with Gasteiger partial charge in [0.15, 0.2) is 11.5 Å². The number of nitrogens with zero attached hydrogens (tertiary/aromatic N) is 3. The predicted octanol–water partition coefficient (Wildman–Crippen LogP) is 3.48. The Balaban J connectivity index is 1.69. The number of benzene rings is 2. The lowest BCUT2D eigenvalue weighted by Crippen LogP contribution is -2.50. The molecule has 43 heavy (non-hydrogen) atoms. The van der Waals surface area contributed by atoms with Crippen molar-refractivity contribution in [2.75, 3.05) is 44.5 Å². The molecule has 3 N–H and O–H groups in total. The maximum absolute atomic E-state index is 13.7. The average molecular weight is 616 g/mol. The van der Waals surface area contributed by atoms with Crippen LogP contribution in [0.25, 0.3) is 0 Å². The van der Waals surface area contributed by atoms with Crippen LogP contribution in [0.2, 0.25) is 0 Å². The number of nitrogens with one attached hydrogen (secondary N) is 2. The van der Waals surface area contributed by atoms with Crippen molar-refractivity contribution in [3.8, 4) is 11.5 Å². The Morgan fingerprint density at radius 1 is 1.21 bits per heavy atom. The number of aryl methyl sites for hydroxylation is 2.